The minimum atomic E-state index is -2.98. The molecule has 0 unspecified atom stereocenters. The number of sulfone groups is 1. The average Bonchev–Trinajstić information content (AvgIpc) is 2.10. The zero-order valence-corrected chi connectivity index (χ0v) is 12.4. The molecule has 0 aromatic carbocycles. The van der Waals surface area contributed by atoms with Crippen molar-refractivity contribution in [3.05, 3.63) is 0 Å². The lowest BCUT2D eigenvalue weighted by Gasteiger charge is -2.27. The quantitative estimate of drug-likeness (QED) is 0.785. The fourth-order valence-corrected chi connectivity index (χ4v) is 2.74. The summed E-state index contributed by atoms with van der Waals surface area (Å²) in [6.45, 7) is 10.5. The van der Waals surface area contributed by atoms with E-state index in [1.54, 1.807) is 20.8 Å². The molecule has 0 heterocycles. The first-order chi connectivity index (χ1) is 7.02. The van der Waals surface area contributed by atoms with Crippen molar-refractivity contribution in [3.8, 4) is 0 Å². The summed E-state index contributed by atoms with van der Waals surface area (Å²) in [5.74, 6) is 0.285. The third kappa shape index (κ3) is 5.30. The van der Waals surface area contributed by atoms with Gasteiger partial charge in [0, 0.05) is 0 Å². The molecule has 3 nitrogen and oxygen atoms in total. The van der Waals surface area contributed by atoms with Crippen LogP contribution >= 0.6 is 0 Å². The van der Waals surface area contributed by atoms with Crippen molar-refractivity contribution in [1.82, 2.24) is 5.32 Å². The van der Waals surface area contributed by atoms with Gasteiger partial charge in [-0.1, -0.05) is 13.8 Å². The summed E-state index contributed by atoms with van der Waals surface area (Å²) < 4.78 is 23.3. The molecule has 0 rings (SSSR count). The topological polar surface area (TPSA) is 46.2 Å². The highest BCUT2D eigenvalue weighted by Gasteiger charge is 2.30. The van der Waals surface area contributed by atoms with E-state index in [0.717, 1.165) is 19.4 Å². The fraction of sp³-hybridized carbons (Fsp3) is 1.00. The van der Waals surface area contributed by atoms with Gasteiger partial charge in [-0.25, -0.2) is 8.42 Å². The highest BCUT2D eigenvalue weighted by atomic mass is 32.2. The van der Waals surface area contributed by atoms with Crippen LogP contribution in [-0.4, -0.2) is 32.5 Å². The van der Waals surface area contributed by atoms with Gasteiger partial charge < -0.3 is 5.32 Å². The van der Waals surface area contributed by atoms with Gasteiger partial charge in [0.05, 0.1) is 10.5 Å². The van der Waals surface area contributed by atoms with E-state index in [-0.39, 0.29) is 11.2 Å². The van der Waals surface area contributed by atoms with E-state index in [1.807, 2.05) is 7.05 Å². The van der Waals surface area contributed by atoms with Crippen LogP contribution in [0.4, 0.5) is 0 Å². The molecule has 0 saturated carbocycles. The molecule has 0 aliphatic rings. The Kier molecular flexibility index (Phi) is 5.47. The molecule has 0 spiro atoms. The molecule has 0 atom stereocenters. The van der Waals surface area contributed by atoms with E-state index in [4.69, 9.17) is 0 Å². The Hall–Kier alpha value is -0.0900. The maximum atomic E-state index is 12.0. The minimum absolute atomic E-state index is 0.0847. The summed E-state index contributed by atoms with van der Waals surface area (Å²) in [6.07, 6.45) is 1.73. The number of rotatable bonds is 6. The van der Waals surface area contributed by atoms with Crippen molar-refractivity contribution in [2.75, 3.05) is 19.3 Å². The van der Waals surface area contributed by atoms with Crippen LogP contribution in [0.3, 0.4) is 0 Å². The molecule has 98 valence electrons. The van der Waals surface area contributed by atoms with Crippen LogP contribution in [0.1, 0.15) is 47.5 Å². The van der Waals surface area contributed by atoms with Gasteiger partial charge in [-0.15, -0.1) is 0 Å². The van der Waals surface area contributed by atoms with Crippen LogP contribution in [-0.2, 0) is 9.84 Å². The van der Waals surface area contributed by atoms with E-state index < -0.39 is 14.6 Å². The van der Waals surface area contributed by atoms with Crippen LogP contribution in [0.25, 0.3) is 0 Å². The molecule has 16 heavy (non-hydrogen) atoms. The van der Waals surface area contributed by atoms with Gasteiger partial charge in [-0.3, -0.25) is 0 Å². The van der Waals surface area contributed by atoms with Crippen molar-refractivity contribution in [1.29, 1.82) is 0 Å². The number of hydrogen-bond acceptors (Lipinski definition) is 3. The lowest BCUT2D eigenvalue weighted by molar-refractivity contribution is 0.319. The molecular formula is C12H27NO2S. The van der Waals surface area contributed by atoms with E-state index in [0.29, 0.717) is 0 Å². The highest BCUT2D eigenvalue weighted by molar-refractivity contribution is 7.92. The standard InChI is InChI=1S/C12H27NO2S/c1-11(2,3)16(14,15)10-8-12(4,5)7-9-13-6/h13H,7-10H2,1-6H3. The lowest BCUT2D eigenvalue weighted by Crippen LogP contribution is -2.32. The van der Waals surface area contributed by atoms with Gasteiger partial charge in [0.25, 0.3) is 0 Å². The predicted molar refractivity (Wildman–Crippen MR) is 70.5 cm³/mol. The summed E-state index contributed by atoms with van der Waals surface area (Å²) in [5, 5.41) is 3.10. The molecule has 1 N–H and O–H groups in total. The van der Waals surface area contributed by atoms with Crippen molar-refractivity contribution in [2.45, 2.75) is 52.2 Å². The highest BCUT2D eigenvalue weighted by Crippen LogP contribution is 2.27. The van der Waals surface area contributed by atoms with Crippen molar-refractivity contribution in [2.24, 2.45) is 5.41 Å². The number of hydrogen-bond donors (Lipinski definition) is 1. The Balaban J connectivity index is 4.35. The molecule has 0 aliphatic heterocycles. The zero-order chi connectivity index (χ0) is 13.0. The van der Waals surface area contributed by atoms with Crippen molar-refractivity contribution in [3.63, 3.8) is 0 Å². The SMILES string of the molecule is CNCCC(C)(C)CCS(=O)(=O)C(C)(C)C. The third-order valence-electron chi connectivity index (χ3n) is 3.03. The lowest BCUT2D eigenvalue weighted by atomic mass is 9.86. The Morgan fingerprint density at radius 3 is 1.88 bits per heavy atom. The van der Waals surface area contributed by atoms with Gasteiger partial charge >= 0.3 is 0 Å². The molecule has 0 aliphatic carbocycles. The van der Waals surface area contributed by atoms with E-state index in [2.05, 4.69) is 19.2 Å². The first-order valence-corrected chi connectivity index (χ1v) is 7.54. The minimum Gasteiger partial charge on any atom is -0.320 e. The third-order valence-corrected chi connectivity index (χ3v) is 5.64. The Bertz CT molecular complexity index is 299. The van der Waals surface area contributed by atoms with Crippen molar-refractivity contribution < 1.29 is 8.42 Å². The largest absolute Gasteiger partial charge is 0.320 e. The number of nitrogens with one attached hydrogen (secondary N) is 1. The molecule has 0 aromatic heterocycles. The average molecular weight is 249 g/mol. The second-order valence-corrected chi connectivity index (χ2v) is 9.06. The first kappa shape index (κ1) is 15.9. The summed E-state index contributed by atoms with van der Waals surface area (Å²) >= 11 is 0. The second-order valence-electron chi connectivity index (χ2n) is 6.20. The summed E-state index contributed by atoms with van der Waals surface area (Å²) in [6, 6.07) is 0. The molecule has 0 saturated heterocycles. The molecular weight excluding hydrogens is 222 g/mol. The van der Waals surface area contributed by atoms with Gasteiger partial charge in [0.2, 0.25) is 0 Å². The van der Waals surface area contributed by atoms with Gasteiger partial charge in [-0.05, 0) is 52.6 Å². The maximum Gasteiger partial charge on any atom is 0.155 e. The Labute approximate surface area is 101 Å². The first-order valence-electron chi connectivity index (χ1n) is 5.89. The van der Waals surface area contributed by atoms with Crippen LogP contribution in [0, 0.1) is 5.41 Å². The predicted octanol–water partition coefficient (Wildman–Crippen LogP) is 2.23. The normalized spacial score (nSPS) is 14.1. The summed E-state index contributed by atoms with van der Waals surface area (Å²) in [5.41, 5.74) is 0.0847. The molecule has 0 aromatic rings. The monoisotopic (exact) mass is 249 g/mol. The summed E-state index contributed by atoms with van der Waals surface area (Å²) in [7, 11) is -1.06. The zero-order valence-electron chi connectivity index (χ0n) is 11.6. The van der Waals surface area contributed by atoms with Crippen LogP contribution in [0.15, 0.2) is 0 Å². The summed E-state index contributed by atoms with van der Waals surface area (Å²) in [4.78, 5) is 0. The van der Waals surface area contributed by atoms with Crippen LogP contribution < -0.4 is 5.32 Å². The fourth-order valence-electron chi connectivity index (χ4n) is 1.31. The Morgan fingerprint density at radius 1 is 1.00 bits per heavy atom. The van der Waals surface area contributed by atoms with Gasteiger partial charge in [0.15, 0.2) is 9.84 Å². The second kappa shape index (κ2) is 5.50. The van der Waals surface area contributed by atoms with Crippen LogP contribution in [0.5, 0.6) is 0 Å². The van der Waals surface area contributed by atoms with Gasteiger partial charge in [0.1, 0.15) is 0 Å². The molecule has 0 bridgehead atoms. The Morgan fingerprint density at radius 2 is 1.50 bits per heavy atom. The van der Waals surface area contributed by atoms with E-state index in [9.17, 15) is 8.42 Å². The van der Waals surface area contributed by atoms with Crippen molar-refractivity contribution >= 4 is 9.84 Å². The maximum absolute atomic E-state index is 12.0. The molecule has 0 radical (unpaired) electrons. The van der Waals surface area contributed by atoms with E-state index in [1.165, 1.54) is 0 Å². The van der Waals surface area contributed by atoms with E-state index >= 15 is 0 Å². The van der Waals surface area contributed by atoms with Crippen LogP contribution in [0.2, 0.25) is 0 Å². The smallest absolute Gasteiger partial charge is 0.155 e. The molecule has 0 fully saturated rings. The molecule has 4 heteroatoms. The molecule has 0 amide bonds. The van der Waals surface area contributed by atoms with Gasteiger partial charge in [-0.2, -0.15) is 0 Å².